The monoisotopic (exact) mass is 541 g/mol. The van der Waals surface area contributed by atoms with Gasteiger partial charge in [0.1, 0.15) is 23.6 Å². The highest BCUT2D eigenvalue weighted by atomic mass is 32.2. The van der Waals surface area contributed by atoms with Crippen LogP contribution in [0.4, 0.5) is 14.5 Å². The Morgan fingerprint density at radius 1 is 1.21 bits per heavy atom. The average molecular weight is 542 g/mol. The van der Waals surface area contributed by atoms with E-state index in [-0.39, 0.29) is 40.7 Å². The van der Waals surface area contributed by atoms with Gasteiger partial charge in [0.05, 0.1) is 11.9 Å². The molecule has 198 valence electrons. The Kier molecular flexibility index (Phi) is 7.54. The van der Waals surface area contributed by atoms with Crippen molar-refractivity contribution in [1.82, 2.24) is 29.3 Å². The Balaban J connectivity index is 1.53. The van der Waals surface area contributed by atoms with Crippen LogP contribution in [0.3, 0.4) is 0 Å². The van der Waals surface area contributed by atoms with Crippen LogP contribution < -0.4 is 10.1 Å². The third kappa shape index (κ3) is 5.47. The van der Waals surface area contributed by atoms with Crippen LogP contribution in [-0.2, 0) is 11.3 Å². The molecule has 0 atom stereocenters. The molecule has 0 unspecified atom stereocenters. The molecule has 3 aromatic heterocycles. The van der Waals surface area contributed by atoms with Gasteiger partial charge in [-0.2, -0.15) is 19.0 Å². The number of carbonyl (C=O) groups excluding carboxylic acids is 2. The summed E-state index contributed by atoms with van der Waals surface area (Å²) in [5.74, 6) is -0.719. The number of piperidine rings is 1. The molecule has 0 aliphatic carbocycles. The summed E-state index contributed by atoms with van der Waals surface area (Å²) in [6.07, 6.45) is 10.9. The molecule has 1 saturated heterocycles. The SMILES string of the molecule is CSc1ccc(OC(F)F)c(-c2nn(CC(=O)N3CCCCC3)cc2NC(=O)c2cnn3cccnc23)c1. The number of likely N-dealkylation sites (tertiary alicyclic amines) is 1. The molecule has 10 nitrogen and oxygen atoms in total. The normalized spacial score (nSPS) is 13.7. The molecule has 1 aliphatic heterocycles. The topological polar surface area (TPSA) is 107 Å². The minimum atomic E-state index is -3.06. The second-order valence-corrected chi connectivity index (χ2v) is 9.55. The highest BCUT2D eigenvalue weighted by Crippen LogP contribution is 2.37. The smallest absolute Gasteiger partial charge is 0.387 e. The van der Waals surface area contributed by atoms with E-state index in [0.717, 1.165) is 24.2 Å². The lowest BCUT2D eigenvalue weighted by Crippen LogP contribution is -2.37. The van der Waals surface area contributed by atoms with E-state index in [2.05, 4.69) is 20.5 Å². The zero-order valence-electron chi connectivity index (χ0n) is 20.5. The van der Waals surface area contributed by atoms with Gasteiger partial charge in [-0.15, -0.1) is 11.8 Å². The van der Waals surface area contributed by atoms with Crippen molar-refractivity contribution >= 4 is 34.9 Å². The van der Waals surface area contributed by atoms with Crippen LogP contribution in [0.15, 0.2) is 53.9 Å². The number of hydrogen-bond donors (Lipinski definition) is 1. The molecule has 4 heterocycles. The quantitative estimate of drug-likeness (QED) is 0.334. The maximum Gasteiger partial charge on any atom is 0.387 e. The second kappa shape index (κ2) is 11.2. The number of hydrogen-bond acceptors (Lipinski definition) is 7. The van der Waals surface area contributed by atoms with Crippen LogP contribution in [-0.4, -0.2) is 67.0 Å². The zero-order valence-corrected chi connectivity index (χ0v) is 21.3. The van der Waals surface area contributed by atoms with Crippen molar-refractivity contribution in [2.24, 2.45) is 0 Å². The van der Waals surface area contributed by atoms with Gasteiger partial charge in [-0.3, -0.25) is 14.3 Å². The summed E-state index contributed by atoms with van der Waals surface area (Å²) in [5, 5.41) is 11.5. The second-order valence-electron chi connectivity index (χ2n) is 8.67. The highest BCUT2D eigenvalue weighted by molar-refractivity contribution is 7.98. The lowest BCUT2D eigenvalue weighted by Gasteiger charge is -2.26. The minimum Gasteiger partial charge on any atom is -0.434 e. The third-order valence-electron chi connectivity index (χ3n) is 6.20. The van der Waals surface area contributed by atoms with Crippen molar-refractivity contribution in [2.45, 2.75) is 37.3 Å². The van der Waals surface area contributed by atoms with E-state index in [0.29, 0.717) is 18.7 Å². The van der Waals surface area contributed by atoms with Gasteiger partial charge in [0, 0.05) is 42.1 Å². The number of rotatable bonds is 8. The number of carbonyl (C=O) groups is 2. The van der Waals surface area contributed by atoms with Crippen LogP contribution in [0.1, 0.15) is 29.6 Å². The van der Waals surface area contributed by atoms with Crippen molar-refractivity contribution in [3.63, 3.8) is 0 Å². The molecular formula is C25H25F2N7O3S. The Morgan fingerprint density at radius 3 is 2.79 bits per heavy atom. The molecule has 2 amide bonds. The van der Waals surface area contributed by atoms with Gasteiger partial charge in [-0.25, -0.2) is 9.50 Å². The summed E-state index contributed by atoms with van der Waals surface area (Å²) < 4.78 is 34.1. The summed E-state index contributed by atoms with van der Waals surface area (Å²) >= 11 is 1.42. The Bertz CT molecular complexity index is 1470. The zero-order chi connectivity index (χ0) is 26.6. The first kappa shape index (κ1) is 25.6. The summed E-state index contributed by atoms with van der Waals surface area (Å²) in [7, 11) is 0. The van der Waals surface area contributed by atoms with Gasteiger partial charge in [0.15, 0.2) is 5.65 Å². The highest BCUT2D eigenvalue weighted by Gasteiger charge is 2.24. The Hall–Kier alpha value is -4.00. The van der Waals surface area contributed by atoms with E-state index in [4.69, 9.17) is 4.74 Å². The number of fused-ring (bicyclic) bond motifs is 1. The molecule has 1 aliphatic rings. The molecule has 1 aromatic carbocycles. The first-order chi connectivity index (χ1) is 18.4. The fourth-order valence-electron chi connectivity index (χ4n) is 4.37. The molecular weight excluding hydrogens is 516 g/mol. The summed E-state index contributed by atoms with van der Waals surface area (Å²) in [6.45, 7) is -1.76. The van der Waals surface area contributed by atoms with Crippen molar-refractivity contribution < 1.29 is 23.1 Å². The molecule has 0 saturated carbocycles. The van der Waals surface area contributed by atoms with Gasteiger partial charge in [-0.1, -0.05) is 0 Å². The minimum absolute atomic E-state index is 0.0611. The van der Waals surface area contributed by atoms with E-state index < -0.39 is 12.5 Å². The maximum atomic E-state index is 13.3. The summed E-state index contributed by atoms with van der Waals surface area (Å²) in [5.41, 5.74) is 1.26. The molecule has 1 fully saturated rings. The number of aromatic nitrogens is 5. The van der Waals surface area contributed by atoms with E-state index in [1.807, 2.05) is 6.26 Å². The van der Waals surface area contributed by atoms with Gasteiger partial charge < -0.3 is 15.0 Å². The summed E-state index contributed by atoms with van der Waals surface area (Å²) in [4.78, 5) is 33.0. The van der Waals surface area contributed by atoms with Crippen molar-refractivity contribution in [1.29, 1.82) is 0 Å². The molecule has 1 N–H and O–H groups in total. The lowest BCUT2D eigenvalue weighted by molar-refractivity contribution is -0.132. The molecule has 38 heavy (non-hydrogen) atoms. The molecule has 0 spiro atoms. The fourth-order valence-corrected chi connectivity index (χ4v) is 4.81. The number of anilines is 1. The van der Waals surface area contributed by atoms with Crippen LogP contribution in [0, 0.1) is 0 Å². The van der Waals surface area contributed by atoms with Gasteiger partial charge in [0.25, 0.3) is 5.91 Å². The van der Waals surface area contributed by atoms with Gasteiger partial charge in [-0.05, 0) is 49.8 Å². The molecule has 5 rings (SSSR count). The van der Waals surface area contributed by atoms with E-state index >= 15 is 0 Å². The standard InChI is InChI=1S/C25H25F2N7O3S/c1-38-16-6-7-20(37-25(26)27)17(12-16)22-19(14-33(31-22)15-21(35)32-9-3-2-4-10-32)30-24(36)18-13-29-34-11-5-8-28-23(18)34/h5-8,11-14,25H,2-4,9-10,15H2,1H3,(H,30,36). The number of nitrogens with one attached hydrogen (secondary N) is 1. The number of nitrogens with zero attached hydrogens (tertiary/aromatic N) is 6. The van der Waals surface area contributed by atoms with Crippen molar-refractivity contribution in [3.8, 4) is 17.0 Å². The molecule has 4 aromatic rings. The lowest BCUT2D eigenvalue weighted by atomic mass is 10.1. The number of halogens is 2. The van der Waals surface area contributed by atoms with Crippen LogP contribution in [0.2, 0.25) is 0 Å². The fraction of sp³-hybridized carbons (Fsp3) is 0.320. The van der Waals surface area contributed by atoms with E-state index in [1.54, 1.807) is 35.5 Å². The third-order valence-corrected chi connectivity index (χ3v) is 6.92. The predicted octanol–water partition coefficient (Wildman–Crippen LogP) is 4.18. The number of thioether (sulfide) groups is 1. The Morgan fingerprint density at radius 2 is 2.03 bits per heavy atom. The van der Waals surface area contributed by atoms with Crippen molar-refractivity contribution in [2.75, 3.05) is 24.7 Å². The number of ether oxygens (including phenoxy) is 1. The maximum absolute atomic E-state index is 13.3. The number of amides is 2. The van der Waals surface area contributed by atoms with Gasteiger partial charge in [0.2, 0.25) is 5.91 Å². The number of benzene rings is 1. The summed E-state index contributed by atoms with van der Waals surface area (Å²) in [6, 6.07) is 6.44. The van der Waals surface area contributed by atoms with Crippen LogP contribution >= 0.6 is 11.8 Å². The van der Waals surface area contributed by atoms with Gasteiger partial charge >= 0.3 is 6.61 Å². The largest absolute Gasteiger partial charge is 0.434 e. The first-order valence-corrected chi connectivity index (χ1v) is 13.2. The van der Waals surface area contributed by atoms with E-state index in [1.165, 1.54) is 39.4 Å². The van der Waals surface area contributed by atoms with Crippen LogP contribution in [0.25, 0.3) is 16.9 Å². The average Bonchev–Trinajstić information content (AvgIpc) is 3.53. The molecule has 0 radical (unpaired) electrons. The number of alkyl halides is 2. The van der Waals surface area contributed by atoms with Crippen molar-refractivity contribution in [3.05, 3.63) is 54.6 Å². The first-order valence-electron chi connectivity index (χ1n) is 12.0. The van der Waals surface area contributed by atoms with E-state index in [9.17, 15) is 18.4 Å². The molecule has 13 heteroatoms. The predicted molar refractivity (Wildman–Crippen MR) is 137 cm³/mol. The Labute approximate surface area is 221 Å². The molecule has 0 bridgehead atoms. The van der Waals surface area contributed by atoms with Crippen LogP contribution in [0.5, 0.6) is 5.75 Å².